The number of rotatable bonds is 9. The molecule has 0 saturated heterocycles. The average molecular weight is 226 g/mol. The quantitative estimate of drug-likeness (QED) is 0.481. The molecule has 0 rings (SSSR count). The van der Waals surface area contributed by atoms with Crippen LogP contribution in [0, 0.1) is 0 Å². The van der Waals surface area contributed by atoms with Crippen molar-refractivity contribution in [3.8, 4) is 0 Å². The summed E-state index contributed by atoms with van der Waals surface area (Å²) in [7, 11) is -3.34. The number of hydrogen-bond donors (Lipinski definition) is 1. The van der Waals surface area contributed by atoms with Crippen LogP contribution in [-0.2, 0) is 18.1 Å². The van der Waals surface area contributed by atoms with Gasteiger partial charge in [-0.05, 0) is 26.7 Å². The van der Waals surface area contributed by atoms with Gasteiger partial charge in [-0.2, -0.15) is 0 Å². The molecule has 0 heterocycles. The Morgan fingerprint density at radius 2 is 1.64 bits per heavy atom. The molecule has 0 atom stereocenters. The van der Waals surface area contributed by atoms with Crippen LogP contribution in [0.5, 0.6) is 0 Å². The molecule has 0 aromatic rings. The predicted octanol–water partition coefficient (Wildman–Crippen LogP) is 1.96. The number of aliphatic hydroxyl groups excluding tert-OH is 1. The molecule has 0 spiro atoms. The van der Waals surface area contributed by atoms with Crippen LogP contribution >= 0.6 is 7.82 Å². The highest BCUT2D eigenvalue weighted by Crippen LogP contribution is 2.49. The zero-order valence-corrected chi connectivity index (χ0v) is 9.66. The van der Waals surface area contributed by atoms with Gasteiger partial charge in [0.15, 0.2) is 0 Å². The van der Waals surface area contributed by atoms with Crippen LogP contribution in [0.4, 0.5) is 0 Å². The first-order chi connectivity index (χ1) is 6.68. The molecule has 86 valence electrons. The average Bonchev–Trinajstić information content (AvgIpc) is 2.13. The lowest BCUT2D eigenvalue weighted by Gasteiger charge is -2.15. The summed E-state index contributed by atoms with van der Waals surface area (Å²) in [4.78, 5) is 0. The Labute approximate surface area is 85.0 Å². The standard InChI is InChI=1S/C8H19O5P/c1-3-11-14(10,12-4-2)13-8-6-5-7-9/h9H,3-8H2,1-2H3. The zero-order valence-electron chi connectivity index (χ0n) is 8.77. The van der Waals surface area contributed by atoms with E-state index in [4.69, 9.17) is 18.7 Å². The number of aliphatic hydroxyl groups is 1. The summed E-state index contributed by atoms with van der Waals surface area (Å²) in [5, 5.41) is 8.52. The highest BCUT2D eigenvalue weighted by Gasteiger charge is 2.24. The molecule has 0 fully saturated rings. The SMILES string of the molecule is CCOP(=O)(OCC)OCCCCO. The second-order valence-electron chi connectivity index (χ2n) is 2.55. The van der Waals surface area contributed by atoms with E-state index in [9.17, 15) is 4.57 Å². The van der Waals surface area contributed by atoms with Crippen LogP contribution in [0.1, 0.15) is 26.7 Å². The fraction of sp³-hybridized carbons (Fsp3) is 1.00. The van der Waals surface area contributed by atoms with E-state index < -0.39 is 7.82 Å². The van der Waals surface area contributed by atoms with Gasteiger partial charge in [0, 0.05) is 6.61 Å². The summed E-state index contributed by atoms with van der Waals surface area (Å²) in [6.45, 7) is 4.41. The van der Waals surface area contributed by atoms with Crippen molar-refractivity contribution >= 4 is 7.82 Å². The van der Waals surface area contributed by atoms with Gasteiger partial charge in [-0.25, -0.2) is 4.57 Å². The Balaban J connectivity index is 3.78. The molecular weight excluding hydrogens is 207 g/mol. The monoisotopic (exact) mass is 226 g/mol. The number of unbranched alkanes of at least 4 members (excludes halogenated alkanes) is 1. The third-order valence-electron chi connectivity index (χ3n) is 1.38. The van der Waals surface area contributed by atoms with E-state index in [2.05, 4.69) is 0 Å². The third-order valence-corrected chi connectivity index (χ3v) is 3.02. The smallest absolute Gasteiger partial charge is 0.396 e. The highest BCUT2D eigenvalue weighted by molar-refractivity contribution is 7.48. The summed E-state index contributed by atoms with van der Waals surface area (Å²) < 4.78 is 26.5. The van der Waals surface area contributed by atoms with Gasteiger partial charge in [-0.15, -0.1) is 0 Å². The second-order valence-corrected chi connectivity index (χ2v) is 4.22. The Bertz CT molecular complexity index is 163. The van der Waals surface area contributed by atoms with E-state index in [1.165, 1.54) is 0 Å². The largest absolute Gasteiger partial charge is 0.474 e. The Morgan fingerprint density at radius 1 is 1.07 bits per heavy atom. The second kappa shape index (κ2) is 8.38. The van der Waals surface area contributed by atoms with Gasteiger partial charge in [0.1, 0.15) is 0 Å². The van der Waals surface area contributed by atoms with Crippen molar-refractivity contribution in [3.05, 3.63) is 0 Å². The topological polar surface area (TPSA) is 65.0 Å². The fourth-order valence-corrected chi connectivity index (χ4v) is 2.03. The third kappa shape index (κ3) is 6.51. The van der Waals surface area contributed by atoms with E-state index in [1.54, 1.807) is 13.8 Å². The lowest BCUT2D eigenvalue weighted by molar-refractivity contribution is 0.118. The molecule has 0 saturated carbocycles. The molecule has 0 aromatic heterocycles. The van der Waals surface area contributed by atoms with E-state index in [0.29, 0.717) is 12.8 Å². The molecule has 0 amide bonds. The van der Waals surface area contributed by atoms with Gasteiger partial charge in [0.2, 0.25) is 0 Å². The molecule has 0 aliphatic carbocycles. The van der Waals surface area contributed by atoms with E-state index in [-0.39, 0.29) is 26.4 Å². The van der Waals surface area contributed by atoms with Crippen LogP contribution < -0.4 is 0 Å². The van der Waals surface area contributed by atoms with Crippen molar-refractivity contribution in [1.29, 1.82) is 0 Å². The minimum Gasteiger partial charge on any atom is -0.396 e. The molecular formula is C8H19O5P. The molecule has 0 aliphatic rings. The molecule has 6 heteroatoms. The van der Waals surface area contributed by atoms with Gasteiger partial charge in [-0.3, -0.25) is 13.6 Å². The Hall–Kier alpha value is 0.0700. The van der Waals surface area contributed by atoms with Crippen LogP contribution in [-0.4, -0.2) is 31.5 Å². The molecule has 14 heavy (non-hydrogen) atoms. The van der Waals surface area contributed by atoms with Gasteiger partial charge in [-0.1, -0.05) is 0 Å². The molecule has 0 bridgehead atoms. The van der Waals surface area contributed by atoms with Gasteiger partial charge < -0.3 is 5.11 Å². The van der Waals surface area contributed by atoms with Crippen molar-refractivity contribution in [2.45, 2.75) is 26.7 Å². The minimum absolute atomic E-state index is 0.108. The van der Waals surface area contributed by atoms with Crippen molar-refractivity contribution in [1.82, 2.24) is 0 Å². The molecule has 1 N–H and O–H groups in total. The van der Waals surface area contributed by atoms with Crippen molar-refractivity contribution in [2.24, 2.45) is 0 Å². The lowest BCUT2D eigenvalue weighted by Crippen LogP contribution is -2.01. The highest BCUT2D eigenvalue weighted by atomic mass is 31.2. The maximum Gasteiger partial charge on any atom is 0.474 e. The van der Waals surface area contributed by atoms with Crippen LogP contribution in [0.2, 0.25) is 0 Å². The van der Waals surface area contributed by atoms with Crippen LogP contribution in [0.25, 0.3) is 0 Å². The normalized spacial score (nSPS) is 11.9. The lowest BCUT2D eigenvalue weighted by atomic mass is 10.3. The van der Waals surface area contributed by atoms with E-state index >= 15 is 0 Å². The zero-order chi connectivity index (χ0) is 10.9. The van der Waals surface area contributed by atoms with Gasteiger partial charge in [0.05, 0.1) is 19.8 Å². The van der Waals surface area contributed by atoms with E-state index in [0.717, 1.165) is 0 Å². The maximum absolute atomic E-state index is 11.6. The molecule has 0 unspecified atom stereocenters. The first kappa shape index (κ1) is 14.1. The summed E-state index contributed by atoms with van der Waals surface area (Å²) in [5.74, 6) is 0. The number of phosphoric ester groups is 1. The van der Waals surface area contributed by atoms with Crippen LogP contribution in [0.3, 0.4) is 0 Å². The van der Waals surface area contributed by atoms with Gasteiger partial charge >= 0.3 is 7.82 Å². The first-order valence-electron chi connectivity index (χ1n) is 4.83. The predicted molar refractivity (Wildman–Crippen MR) is 53.1 cm³/mol. The molecule has 0 radical (unpaired) electrons. The number of hydrogen-bond acceptors (Lipinski definition) is 5. The molecule has 0 aliphatic heterocycles. The first-order valence-corrected chi connectivity index (χ1v) is 6.29. The summed E-state index contributed by atoms with van der Waals surface area (Å²) in [6.07, 6.45) is 1.26. The minimum atomic E-state index is -3.34. The molecule has 0 aromatic carbocycles. The Morgan fingerprint density at radius 3 is 2.07 bits per heavy atom. The Kier molecular flexibility index (Phi) is 8.43. The van der Waals surface area contributed by atoms with Crippen molar-refractivity contribution < 1.29 is 23.2 Å². The number of phosphoric acid groups is 1. The van der Waals surface area contributed by atoms with Crippen molar-refractivity contribution in [2.75, 3.05) is 26.4 Å². The summed E-state index contributed by atoms with van der Waals surface area (Å²) in [5.41, 5.74) is 0. The fourth-order valence-electron chi connectivity index (χ4n) is 0.818. The summed E-state index contributed by atoms with van der Waals surface area (Å²) in [6, 6.07) is 0. The van der Waals surface area contributed by atoms with E-state index in [1.807, 2.05) is 0 Å². The molecule has 5 nitrogen and oxygen atoms in total. The van der Waals surface area contributed by atoms with Crippen LogP contribution in [0.15, 0.2) is 0 Å². The maximum atomic E-state index is 11.6. The van der Waals surface area contributed by atoms with Crippen molar-refractivity contribution in [3.63, 3.8) is 0 Å². The van der Waals surface area contributed by atoms with Gasteiger partial charge in [0.25, 0.3) is 0 Å². The summed E-state index contributed by atoms with van der Waals surface area (Å²) >= 11 is 0.